The SMILES string of the molecule is CCOP(=O)(OCC)[C@@H](C)c1ccc2cc(OC)ccc2c1. The first-order valence-corrected chi connectivity index (χ1v) is 9.11. The Hall–Kier alpha value is -1.35. The van der Waals surface area contributed by atoms with Gasteiger partial charge in [-0.3, -0.25) is 4.57 Å². The van der Waals surface area contributed by atoms with Crippen molar-refractivity contribution in [1.82, 2.24) is 0 Å². The maximum atomic E-state index is 12.9. The van der Waals surface area contributed by atoms with Crippen molar-refractivity contribution >= 4 is 18.4 Å². The third-order valence-electron chi connectivity index (χ3n) is 3.65. The van der Waals surface area contributed by atoms with Crippen molar-refractivity contribution in [2.24, 2.45) is 0 Å². The lowest BCUT2D eigenvalue weighted by atomic mass is 10.1. The molecule has 0 aromatic heterocycles. The van der Waals surface area contributed by atoms with Gasteiger partial charge in [0.1, 0.15) is 5.75 Å². The van der Waals surface area contributed by atoms with E-state index < -0.39 is 7.60 Å². The summed E-state index contributed by atoms with van der Waals surface area (Å²) in [6.45, 7) is 6.27. The number of benzene rings is 2. The van der Waals surface area contributed by atoms with Gasteiger partial charge in [-0.15, -0.1) is 0 Å². The Balaban J connectivity index is 2.38. The molecule has 0 spiro atoms. The summed E-state index contributed by atoms with van der Waals surface area (Å²) in [5.74, 6) is 0.822. The van der Waals surface area contributed by atoms with E-state index >= 15 is 0 Å². The van der Waals surface area contributed by atoms with Gasteiger partial charge >= 0.3 is 7.60 Å². The van der Waals surface area contributed by atoms with Gasteiger partial charge in [-0.25, -0.2) is 0 Å². The van der Waals surface area contributed by atoms with E-state index in [1.54, 1.807) is 7.11 Å². The highest BCUT2D eigenvalue weighted by Gasteiger charge is 2.33. The summed E-state index contributed by atoms with van der Waals surface area (Å²) in [5, 5.41) is 2.16. The summed E-state index contributed by atoms with van der Waals surface area (Å²) < 4.78 is 29.0. The molecule has 0 saturated heterocycles. The van der Waals surface area contributed by atoms with Crippen LogP contribution < -0.4 is 4.74 Å². The molecule has 5 heteroatoms. The molecule has 0 aliphatic rings. The standard InChI is InChI=1S/C17H23O4P/c1-5-20-22(18,21-6-2)13(3)14-7-8-16-12-17(19-4)10-9-15(16)11-14/h7-13H,5-6H2,1-4H3/t13-/m0/s1. The lowest BCUT2D eigenvalue weighted by Gasteiger charge is -2.23. The Kier molecular flexibility index (Phi) is 5.63. The van der Waals surface area contributed by atoms with Crippen LogP contribution in [0.1, 0.15) is 32.0 Å². The third kappa shape index (κ3) is 3.52. The Labute approximate surface area is 131 Å². The molecule has 0 unspecified atom stereocenters. The second kappa shape index (κ2) is 7.28. The summed E-state index contributed by atoms with van der Waals surface area (Å²) in [4.78, 5) is 0. The lowest BCUT2D eigenvalue weighted by molar-refractivity contribution is 0.213. The molecule has 120 valence electrons. The molecule has 0 N–H and O–H groups in total. The van der Waals surface area contributed by atoms with E-state index in [4.69, 9.17) is 13.8 Å². The van der Waals surface area contributed by atoms with Crippen LogP contribution in [0, 0.1) is 0 Å². The van der Waals surface area contributed by atoms with Gasteiger partial charge in [-0.05, 0) is 49.2 Å². The fourth-order valence-corrected chi connectivity index (χ4v) is 4.20. The second-order valence-corrected chi connectivity index (χ2v) is 7.39. The van der Waals surface area contributed by atoms with Gasteiger partial charge in [0.2, 0.25) is 0 Å². The first-order chi connectivity index (χ1) is 10.5. The molecule has 2 aromatic rings. The van der Waals surface area contributed by atoms with E-state index in [0.717, 1.165) is 22.1 Å². The number of rotatable bonds is 7. The van der Waals surface area contributed by atoms with Gasteiger partial charge in [-0.2, -0.15) is 0 Å². The van der Waals surface area contributed by atoms with Crippen LogP contribution in [0.4, 0.5) is 0 Å². The molecule has 2 aromatic carbocycles. The van der Waals surface area contributed by atoms with Crippen LogP contribution in [0.5, 0.6) is 5.75 Å². The number of methoxy groups -OCH3 is 1. The molecule has 4 nitrogen and oxygen atoms in total. The maximum absolute atomic E-state index is 12.9. The normalized spacial score (nSPS) is 13.3. The van der Waals surface area contributed by atoms with Crippen molar-refractivity contribution in [3.05, 3.63) is 42.0 Å². The lowest BCUT2D eigenvalue weighted by Crippen LogP contribution is -2.03. The Morgan fingerprint density at radius 3 is 2.18 bits per heavy atom. The number of hydrogen-bond acceptors (Lipinski definition) is 4. The minimum atomic E-state index is -3.15. The average Bonchev–Trinajstić information content (AvgIpc) is 2.53. The Bertz CT molecular complexity index is 673. The predicted molar refractivity (Wildman–Crippen MR) is 89.8 cm³/mol. The molecule has 0 heterocycles. The molecular formula is C17H23O4P. The molecule has 0 aliphatic carbocycles. The minimum absolute atomic E-state index is 0.307. The van der Waals surface area contributed by atoms with E-state index in [0.29, 0.717) is 13.2 Å². The summed E-state index contributed by atoms with van der Waals surface area (Å²) in [7, 11) is -1.50. The zero-order valence-electron chi connectivity index (χ0n) is 13.5. The van der Waals surface area contributed by atoms with E-state index in [-0.39, 0.29) is 5.66 Å². The first kappa shape index (κ1) is 17.0. The molecule has 0 radical (unpaired) electrons. The van der Waals surface area contributed by atoms with Crippen molar-refractivity contribution in [2.75, 3.05) is 20.3 Å². The van der Waals surface area contributed by atoms with Crippen molar-refractivity contribution < 1.29 is 18.3 Å². The second-order valence-electron chi connectivity index (χ2n) is 5.02. The van der Waals surface area contributed by atoms with Gasteiger partial charge < -0.3 is 13.8 Å². The quantitative estimate of drug-likeness (QED) is 0.659. The Morgan fingerprint density at radius 2 is 1.59 bits per heavy atom. The fraction of sp³-hybridized carbons (Fsp3) is 0.412. The van der Waals surface area contributed by atoms with Crippen LogP contribution in [-0.4, -0.2) is 20.3 Å². The van der Waals surface area contributed by atoms with Crippen molar-refractivity contribution in [3.63, 3.8) is 0 Å². The van der Waals surface area contributed by atoms with E-state index in [2.05, 4.69) is 0 Å². The topological polar surface area (TPSA) is 44.8 Å². The van der Waals surface area contributed by atoms with Gasteiger partial charge in [0.05, 0.1) is 26.0 Å². The van der Waals surface area contributed by atoms with Gasteiger partial charge in [0.25, 0.3) is 0 Å². The summed E-state index contributed by atoms with van der Waals surface area (Å²) in [6.07, 6.45) is 0. The van der Waals surface area contributed by atoms with Crippen LogP contribution in [0.25, 0.3) is 10.8 Å². The van der Waals surface area contributed by atoms with Crippen LogP contribution in [0.2, 0.25) is 0 Å². The van der Waals surface area contributed by atoms with Crippen LogP contribution in [-0.2, 0) is 13.6 Å². The summed E-state index contributed by atoms with van der Waals surface area (Å²) in [5.41, 5.74) is 0.641. The largest absolute Gasteiger partial charge is 0.497 e. The monoisotopic (exact) mass is 322 g/mol. The van der Waals surface area contributed by atoms with Crippen LogP contribution in [0.15, 0.2) is 36.4 Å². The average molecular weight is 322 g/mol. The van der Waals surface area contributed by atoms with E-state index in [1.165, 1.54) is 0 Å². The van der Waals surface area contributed by atoms with Crippen LogP contribution in [0.3, 0.4) is 0 Å². The molecule has 0 aliphatic heterocycles. The number of ether oxygens (including phenoxy) is 1. The summed E-state index contributed by atoms with van der Waals surface area (Å²) >= 11 is 0. The zero-order valence-corrected chi connectivity index (χ0v) is 14.4. The molecule has 2 rings (SSSR count). The van der Waals surface area contributed by atoms with Gasteiger partial charge in [0, 0.05) is 0 Å². The smallest absolute Gasteiger partial charge is 0.337 e. The number of fused-ring (bicyclic) bond motifs is 1. The molecule has 22 heavy (non-hydrogen) atoms. The van der Waals surface area contributed by atoms with E-state index in [9.17, 15) is 4.57 Å². The third-order valence-corrected chi connectivity index (χ3v) is 6.13. The van der Waals surface area contributed by atoms with Crippen molar-refractivity contribution in [3.8, 4) is 5.75 Å². The highest BCUT2D eigenvalue weighted by atomic mass is 31.2. The minimum Gasteiger partial charge on any atom is -0.497 e. The maximum Gasteiger partial charge on any atom is 0.337 e. The van der Waals surface area contributed by atoms with Gasteiger partial charge in [0.15, 0.2) is 0 Å². The molecule has 1 atom stereocenters. The van der Waals surface area contributed by atoms with Gasteiger partial charge in [-0.1, -0.05) is 24.3 Å². The molecule has 0 bridgehead atoms. The molecular weight excluding hydrogens is 299 g/mol. The molecule has 0 fully saturated rings. The Morgan fingerprint density at radius 1 is 1.00 bits per heavy atom. The van der Waals surface area contributed by atoms with E-state index in [1.807, 2.05) is 57.2 Å². The fourth-order valence-electron chi connectivity index (χ4n) is 2.43. The highest BCUT2D eigenvalue weighted by Crippen LogP contribution is 2.60. The molecule has 0 saturated carbocycles. The summed E-state index contributed by atoms with van der Waals surface area (Å²) in [6, 6.07) is 11.9. The first-order valence-electron chi connectivity index (χ1n) is 7.50. The van der Waals surface area contributed by atoms with Crippen molar-refractivity contribution in [2.45, 2.75) is 26.4 Å². The number of hydrogen-bond donors (Lipinski definition) is 0. The zero-order chi connectivity index (χ0) is 16.2. The van der Waals surface area contributed by atoms with Crippen LogP contribution >= 0.6 is 7.60 Å². The molecule has 0 amide bonds. The highest BCUT2D eigenvalue weighted by molar-refractivity contribution is 7.54. The van der Waals surface area contributed by atoms with Crippen molar-refractivity contribution in [1.29, 1.82) is 0 Å². The predicted octanol–water partition coefficient (Wildman–Crippen LogP) is 5.18.